The number of rotatable bonds is 18. The lowest BCUT2D eigenvalue weighted by atomic mass is 10.0. The quantitative estimate of drug-likeness (QED) is 0.0947. The molecule has 0 radical (unpaired) electrons. The van der Waals surface area contributed by atoms with Gasteiger partial charge in [0.1, 0.15) is 0 Å². The summed E-state index contributed by atoms with van der Waals surface area (Å²) >= 11 is 21.8. The lowest BCUT2D eigenvalue weighted by molar-refractivity contribution is -0.121. The number of aliphatic imine (C=N–C) groups is 1. The fourth-order valence-electron chi connectivity index (χ4n) is 3.12. The van der Waals surface area contributed by atoms with Gasteiger partial charge in [-0.05, 0) is 18.6 Å². The second-order valence-electron chi connectivity index (χ2n) is 7.43. The third-order valence-corrected chi connectivity index (χ3v) is 5.52. The van der Waals surface area contributed by atoms with Crippen molar-refractivity contribution in [1.82, 2.24) is 5.32 Å². The molecule has 1 amide bonds. The van der Waals surface area contributed by atoms with Gasteiger partial charge < -0.3 is 5.32 Å². The zero-order chi connectivity index (χ0) is 21.1. The van der Waals surface area contributed by atoms with Gasteiger partial charge in [-0.1, -0.05) is 132 Å². The molecule has 0 saturated heterocycles. The lowest BCUT2D eigenvalue weighted by Gasteiger charge is -2.20. The van der Waals surface area contributed by atoms with Crippen molar-refractivity contribution in [2.45, 2.75) is 120 Å². The number of unbranched alkanes of at least 4 members (excludes halogenated alkanes) is 14. The Bertz CT molecular complexity index is 438. The molecule has 0 rings (SSSR count). The largest absolute Gasteiger partial charge is 0.330 e. The number of thiocarbonyl (C=S) groups is 1. The van der Waals surface area contributed by atoms with Crippen LogP contribution in [-0.4, -0.2) is 21.0 Å². The van der Waals surface area contributed by atoms with Crippen LogP contribution in [0, 0.1) is 0 Å². The third kappa shape index (κ3) is 18.2. The van der Waals surface area contributed by atoms with Crippen LogP contribution < -0.4 is 5.32 Å². The molecule has 0 aromatic heterocycles. The monoisotopic (exact) mass is 470 g/mol. The molecule has 164 valence electrons. The molecule has 0 heterocycles. The minimum atomic E-state index is -1.73. The van der Waals surface area contributed by atoms with E-state index in [1.807, 2.05) is 0 Å². The van der Waals surface area contributed by atoms with Gasteiger partial charge in [0.25, 0.3) is 0 Å². The molecular formula is C21H37Cl3N2OS. The number of hydrogen-bond acceptors (Lipinski definition) is 3. The lowest BCUT2D eigenvalue weighted by Crippen LogP contribution is -2.42. The van der Waals surface area contributed by atoms with Gasteiger partial charge in [-0.25, -0.2) is 4.99 Å². The van der Waals surface area contributed by atoms with Crippen LogP contribution in [0.3, 0.4) is 0 Å². The normalized spacial score (nSPS) is 12.4. The topological polar surface area (TPSA) is 41.5 Å². The first-order chi connectivity index (χ1) is 13.4. The molecule has 0 aliphatic heterocycles. The molecule has 1 unspecified atom stereocenters. The number of amides is 1. The first-order valence-corrected chi connectivity index (χ1v) is 12.4. The molecule has 3 nitrogen and oxygen atoms in total. The molecule has 0 spiro atoms. The van der Waals surface area contributed by atoms with Gasteiger partial charge in [-0.15, -0.1) is 0 Å². The Kier molecular flexibility index (Phi) is 19.2. The molecule has 7 heteroatoms. The SMILES string of the molecule is CCCCCCCCCCCCCCCCCC(=O)NC(N=C=S)C(Cl)(Cl)Cl. The van der Waals surface area contributed by atoms with E-state index in [2.05, 4.69) is 34.6 Å². The number of isothiocyanates is 1. The molecule has 0 bridgehead atoms. The van der Waals surface area contributed by atoms with Crippen LogP contribution in [0.25, 0.3) is 0 Å². The number of hydrogen-bond donors (Lipinski definition) is 1. The van der Waals surface area contributed by atoms with Gasteiger partial charge in [0.2, 0.25) is 9.70 Å². The molecule has 0 aromatic carbocycles. The minimum absolute atomic E-state index is 0.181. The second-order valence-corrected chi connectivity index (χ2v) is 9.98. The number of halogens is 3. The van der Waals surface area contributed by atoms with Gasteiger partial charge in [-0.2, -0.15) is 0 Å². The van der Waals surface area contributed by atoms with Crippen LogP contribution in [0.4, 0.5) is 0 Å². The van der Waals surface area contributed by atoms with E-state index < -0.39 is 9.96 Å². The summed E-state index contributed by atoms with van der Waals surface area (Å²) in [5.41, 5.74) is 0. The number of nitrogens with zero attached hydrogens (tertiary/aromatic N) is 1. The Labute approximate surface area is 192 Å². The van der Waals surface area contributed by atoms with Crippen LogP contribution >= 0.6 is 47.0 Å². The second kappa shape index (κ2) is 19.1. The summed E-state index contributed by atoms with van der Waals surface area (Å²) < 4.78 is -1.73. The van der Waals surface area contributed by atoms with Gasteiger partial charge in [0.15, 0.2) is 6.17 Å². The van der Waals surface area contributed by atoms with Crippen molar-refractivity contribution < 1.29 is 4.79 Å². The van der Waals surface area contributed by atoms with E-state index in [9.17, 15) is 4.79 Å². The smallest absolute Gasteiger partial charge is 0.231 e. The molecule has 28 heavy (non-hydrogen) atoms. The van der Waals surface area contributed by atoms with Crippen molar-refractivity contribution in [3.63, 3.8) is 0 Å². The first kappa shape index (κ1) is 28.1. The molecule has 1 atom stereocenters. The van der Waals surface area contributed by atoms with Crippen LogP contribution in [-0.2, 0) is 4.79 Å². The third-order valence-electron chi connectivity index (χ3n) is 4.80. The minimum Gasteiger partial charge on any atom is -0.330 e. The van der Waals surface area contributed by atoms with E-state index in [0.717, 1.165) is 19.3 Å². The van der Waals surface area contributed by atoms with Gasteiger partial charge in [-0.3, -0.25) is 4.79 Å². The van der Waals surface area contributed by atoms with Crippen molar-refractivity contribution >= 4 is 58.1 Å². The highest BCUT2D eigenvalue weighted by Gasteiger charge is 2.33. The molecule has 0 aliphatic carbocycles. The Morgan fingerprint density at radius 1 is 0.857 bits per heavy atom. The van der Waals surface area contributed by atoms with Crippen LogP contribution in [0.5, 0.6) is 0 Å². The average Bonchev–Trinajstić information content (AvgIpc) is 2.63. The van der Waals surface area contributed by atoms with E-state index in [4.69, 9.17) is 34.8 Å². The molecule has 0 aliphatic rings. The predicted octanol–water partition coefficient (Wildman–Crippen LogP) is 8.16. The van der Waals surface area contributed by atoms with Gasteiger partial charge in [0.05, 0.1) is 5.16 Å². The number of carbonyl (C=O) groups excluding carboxylic acids is 1. The number of alkyl halides is 3. The zero-order valence-electron chi connectivity index (χ0n) is 17.3. The van der Waals surface area contributed by atoms with Crippen molar-refractivity contribution in [1.29, 1.82) is 0 Å². The summed E-state index contributed by atoms with van der Waals surface area (Å²) in [4.78, 5) is 15.6. The standard InChI is InChI=1S/C21H37Cl3N2OS/c1-2-3-4-5-6-7-8-9-10-11-12-13-14-15-16-17-19(27)26-20(25-18-28)21(22,23)24/h20H,2-17H2,1H3,(H,26,27). The predicted molar refractivity (Wildman–Crippen MR) is 127 cm³/mol. The summed E-state index contributed by atoms with van der Waals surface area (Å²) in [5, 5.41) is 4.72. The Morgan fingerprint density at radius 2 is 1.25 bits per heavy atom. The number of nitrogens with one attached hydrogen (secondary N) is 1. The highest BCUT2D eigenvalue weighted by atomic mass is 35.6. The van der Waals surface area contributed by atoms with E-state index in [-0.39, 0.29) is 5.91 Å². The van der Waals surface area contributed by atoms with Gasteiger partial charge in [0, 0.05) is 6.42 Å². The van der Waals surface area contributed by atoms with Crippen molar-refractivity contribution in [2.75, 3.05) is 0 Å². The van der Waals surface area contributed by atoms with Crippen LogP contribution in [0.1, 0.15) is 110 Å². The van der Waals surface area contributed by atoms with Crippen molar-refractivity contribution in [3.8, 4) is 0 Å². The first-order valence-electron chi connectivity index (χ1n) is 10.8. The Morgan fingerprint density at radius 3 is 1.61 bits per heavy atom. The van der Waals surface area contributed by atoms with E-state index in [0.29, 0.717) is 6.42 Å². The molecule has 0 saturated carbocycles. The summed E-state index contributed by atoms with van der Waals surface area (Å²) in [6.45, 7) is 2.26. The molecular weight excluding hydrogens is 435 g/mol. The summed E-state index contributed by atoms with van der Waals surface area (Å²) in [6, 6.07) is 0. The Balaban J connectivity index is 3.45. The van der Waals surface area contributed by atoms with E-state index in [1.165, 1.54) is 77.0 Å². The molecule has 1 N–H and O–H groups in total. The maximum absolute atomic E-state index is 11.9. The fraction of sp³-hybridized carbons (Fsp3) is 0.905. The van der Waals surface area contributed by atoms with Gasteiger partial charge >= 0.3 is 0 Å². The maximum Gasteiger partial charge on any atom is 0.231 e. The van der Waals surface area contributed by atoms with Crippen LogP contribution in [0.15, 0.2) is 4.99 Å². The zero-order valence-corrected chi connectivity index (χ0v) is 20.4. The maximum atomic E-state index is 11.9. The van der Waals surface area contributed by atoms with Crippen molar-refractivity contribution in [2.24, 2.45) is 4.99 Å². The Hall–Kier alpha value is 0.140. The summed E-state index contributed by atoms with van der Waals surface area (Å²) in [6.07, 6.45) is 18.8. The van der Waals surface area contributed by atoms with Crippen LogP contribution in [0.2, 0.25) is 0 Å². The van der Waals surface area contributed by atoms with E-state index in [1.54, 1.807) is 0 Å². The molecule has 0 aromatic rings. The van der Waals surface area contributed by atoms with Crippen molar-refractivity contribution in [3.05, 3.63) is 0 Å². The fourth-order valence-corrected chi connectivity index (χ4v) is 3.54. The summed E-state index contributed by atoms with van der Waals surface area (Å²) in [5.74, 6) is -0.181. The number of carbonyl (C=O) groups is 1. The molecule has 0 fully saturated rings. The van der Waals surface area contributed by atoms with E-state index >= 15 is 0 Å². The average molecular weight is 472 g/mol. The highest BCUT2D eigenvalue weighted by Crippen LogP contribution is 2.30. The highest BCUT2D eigenvalue weighted by molar-refractivity contribution is 7.78. The summed E-state index contributed by atoms with van der Waals surface area (Å²) in [7, 11) is 0.